The van der Waals surface area contributed by atoms with Crippen LogP contribution in [0, 0.1) is 22.7 Å². The van der Waals surface area contributed by atoms with Gasteiger partial charge in [0, 0.05) is 0 Å². The van der Waals surface area contributed by atoms with Gasteiger partial charge in [0.25, 0.3) is 0 Å². The number of nitrogens with zero attached hydrogens (tertiary/aromatic N) is 2. The summed E-state index contributed by atoms with van der Waals surface area (Å²) >= 11 is 0. The molecule has 2 aromatic carbocycles. The normalized spacial score (nSPS) is 8.82. The summed E-state index contributed by atoms with van der Waals surface area (Å²) in [7, 11) is -2.91. The van der Waals surface area contributed by atoms with Crippen LogP contribution in [-0.4, -0.2) is 34.3 Å². The summed E-state index contributed by atoms with van der Waals surface area (Å²) in [5.41, 5.74) is 1.80. The van der Waals surface area contributed by atoms with Gasteiger partial charge in [-0.2, -0.15) is 10.5 Å². The van der Waals surface area contributed by atoms with Crippen LogP contribution in [0.1, 0.15) is 11.1 Å². The smallest absolute Gasteiger partial charge is 0.423 e. The second kappa shape index (κ2) is 8.63. The first kappa shape index (κ1) is 17.4. The van der Waals surface area contributed by atoms with Crippen LogP contribution in [-0.2, 0) is 0 Å². The van der Waals surface area contributed by atoms with Crippen molar-refractivity contribution in [3.8, 4) is 12.1 Å². The van der Waals surface area contributed by atoms with Gasteiger partial charge in [-0.15, -0.1) is 0 Å². The molecule has 0 radical (unpaired) electrons. The molecule has 0 bridgehead atoms. The Bertz CT molecular complexity index is 612. The molecule has 0 unspecified atom stereocenters. The van der Waals surface area contributed by atoms with Gasteiger partial charge in [0.2, 0.25) is 0 Å². The highest BCUT2D eigenvalue weighted by Crippen LogP contribution is 1.94. The van der Waals surface area contributed by atoms with Gasteiger partial charge in [-0.1, -0.05) is 24.3 Å². The largest absolute Gasteiger partial charge is 0.488 e. The maximum absolute atomic E-state index is 8.66. The summed E-state index contributed by atoms with van der Waals surface area (Å²) in [6.07, 6.45) is 0. The molecular formula is C14H12B2N2O4. The maximum Gasteiger partial charge on any atom is 0.488 e. The molecule has 0 atom stereocenters. The number of rotatable bonds is 2. The van der Waals surface area contributed by atoms with Crippen LogP contribution < -0.4 is 10.9 Å². The first-order valence-corrected chi connectivity index (χ1v) is 6.20. The molecule has 0 spiro atoms. The highest BCUT2D eigenvalue weighted by molar-refractivity contribution is 6.58. The number of hydrogen-bond donors (Lipinski definition) is 4. The van der Waals surface area contributed by atoms with Gasteiger partial charge in [-0.25, -0.2) is 0 Å². The lowest BCUT2D eigenvalue weighted by atomic mass is 9.80. The van der Waals surface area contributed by atoms with Gasteiger partial charge >= 0.3 is 14.2 Å². The van der Waals surface area contributed by atoms with Crippen molar-refractivity contribution < 1.29 is 20.1 Å². The van der Waals surface area contributed by atoms with Crippen LogP contribution in [0.3, 0.4) is 0 Å². The molecule has 6 nitrogen and oxygen atoms in total. The van der Waals surface area contributed by atoms with Crippen molar-refractivity contribution in [2.45, 2.75) is 0 Å². The van der Waals surface area contributed by atoms with Crippen LogP contribution in [0.15, 0.2) is 48.5 Å². The van der Waals surface area contributed by atoms with Crippen LogP contribution in [0.5, 0.6) is 0 Å². The fourth-order valence-electron chi connectivity index (χ4n) is 1.46. The van der Waals surface area contributed by atoms with Gasteiger partial charge in [0.15, 0.2) is 0 Å². The maximum atomic E-state index is 8.66. The molecule has 0 aromatic heterocycles. The van der Waals surface area contributed by atoms with E-state index in [2.05, 4.69) is 0 Å². The zero-order valence-electron chi connectivity index (χ0n) is 11.5. The lowest BCUT2D eigenvalue weighted by Crippen LogP contribution is -2.29. The third-order valence-electron chi connectivity index (χ3n) is 2.68. The topological polar surface area (TPSA) is 128 Å². The Morgan fingerprint density at radius 3 is 1.05 bits per heavy atom. The standard InChI is InChI=1S/2C7H6BNO2/c2*9-5-6-1-3-7(4-2-6)8(10)11/h2*1-4,10-11H. The summed E-state index contributed by atoms with van der Waals surface area (Å²) < 4.78 is 0. The summed E-state index contributed by atoms with van der Waals surface area (Å²) in [5, 5.41) is 51.4. The molecule has 0 amide bonds. The van der Waals surface area contributed by atoms with Gasteiger partial charge in [-0.3, -0.25) is 0 Å². The Balaban J connectivity index is 0.000000220. The van der Waals surface area contributed by atoms with E-state index >= 15 is 0 Å². The predicted octanol–water partition coefficient (Wildman–Crippen LogP) is -1.52. The van der Waals surface area contributed by atoms with Crippen LogP contribution in [0.4, 0.5) is 0 Å². The lowest BCUT2D eigenvalue weighted by molar-refractivity contribution is 0.424. The van der Waals surface area contributed by atoms with Gasteiger partial charge in [-0.05, 0) is 35.2 Å². The Kier molecular flexibility index (Phi) is 6.84. The van der Waals surface area contributed by atoms with Crippen molar-refractivity contribution in [1.82, 2.24) is 0 Å². The second-order valence-electron chi connectivity index (χ2n) is 4.21. The van der Waals surface area contributed by atoms with Crippen molar-refractivity contribution in [2.24, 2.45) is 0 Å². The predicted molar refractivity (Wildman–Crippen MR) is 82.0 cm³/mol. The van der Waals surface area contributed by atoms with Gasteiger partial charge in [0.05, 0.1) is 23.3 Å². The number of hydrogen-bond acceptors (Lipinski definition) is 6. The van der Waals surface area contributed by atoms with Crippen LogP contribution >= 0.6 is 0 Å². The van der Waals surface area contributed by atoms with E-state index in [-0.39, 0.29) is 0 Å². The van der Waals surface area contributed by atoms with E-state index in [9.17, 15) is 0 Å². The minimum Gasteiger partial charge on any atom is -0.423 e. The van der Waals surface area contributed by atoms with Crippen molar-refractivity contribution in [1.29, 1.82) is 10.5 Å². The molecule has 0 fully saturated rings. The zero-order chi connectivity index (χ0) is 16.5. The van der Waals surface area contributed by atoms with Gasteiger partial charge in [0.1, 0.15) is 0 Å². The van der Waals surface area contributed by atoms with Crippen molar-refractivity contribution in [3.63, 3.8) is 0 Å². The summed E-state index contributed by atoms with van der Waals surface area (Å²) in [6, 6.07) is 16.0. The molecule has 0 saturated carbocycles. The summed E-state index contributed by atoms with van der Waals surface area (Å²) in [5.74, 6) is 0. The average molecular weight is 294 g/mol. The fourth-order valence-corrected chi connectivity index (χ4v) is 1.46. The molecular weight excluding hydrogens is 282 g/mol. The second-order valence-corrected chi connectivity index (χ2v) is 4.21. The molecule has 0 heterocycles. The zero-order valence-corrected chi connectivity index (χ0v) is 11.5. The van der Waals surface area contributed by atoms with E-state index in [0.717, 1.165) is 0 Å². The highest BCUT2D eigenvalue weighted by atomic mass is 16.4. The van der Waals surface area contributed by atoms with E-state index in [0.29, 0.717) is 22.1 Å². The minimum absolute atomic E-state index is 0.393. The quantitative estimate of drug-likeness (QED) is 0.498. The highest BCUT2D eigenvalue weighted by Gasteiger charge is 2.09. The molecule has 0 aliphatic rings. The van der Waals surface area contributed by atoms with E-state index in [4.69, 9.17) is 30.6 Å². The summed E-state index contributed by atoms with van der Waals surface area (Å²) in [4.78, 5) is 0. The van der Waals surface area contributed by atoms with Crippen molar-refractivity contribution >= 4 is 25.2 Å². The Hall–Kier alpha value is -2.61. The molecule has 4 N–H and O–H groups in total. The number of benzene rings is 2. The fraction of sp³-hybridized carbons (Fsp3) is 0. The van der Waals surface area contributed by atoms with Gasteiger partial charge < -0.3 is 20.1 Å². The molecule has 0 aliphatic heterocycles. The minimum atomic E-state index is -1.46. The SMILES string of the molecule is N#Cc1ccc(B(O)O)cc1.N#Cc1ccc(B(O)O)cc1. The Morgan fingerprint density at radius 1 is 0.591 bits per heavy atom. The summed E-state index contributed by atoms with van der Waals surface area (Å²) in [6.45, 7) is 0. The molecule has 0 aliphatic carbocycles. The molecule has 0 saturated heterocycles. The molecule has 108 valence electrons. The van der Waals surface area contributed by atoms with E-state index in [1.54, 1.807) is 0 Å². The average Bonchev–Trinajstić information content (AvgIpc) is 2.55. The molecule has 2 aromatic rings. The molecule has 8 heteroatoms. The van der Waals surface area contributed by atoms with Crippen LogP contribution in [0.2, 0.25) is 0 Å². The Labute approximate surface area is 128 Å². The monoisotopic (exact) mass is 294 g/mol. The first-order valence-electron chi connectivity index (χ1n) is 6.20. The van der Waals surface area contributed by atoms with E-state index < -0.39 is 14.2 Å². The van der Waals surface area contributed by atoms with Crippen molar-refractivity contribution in [3.05, 3.63) is 59.7 Å². The molecule has 2 rings (SSSR count). The van der Waals surface area contributed by atoms with Crippen LogP contribution in [0.25, 0.3) is 0 Å². The number of nitriles is 2. The lowest BCUT2D eigenvalue weighted by Gasteiger charge is -1.96. The molecule has 22 heavy (non-hydrogen) atoms. The van der Waals surface area contributed by atoms with E-state index in [1.807, 2.05) is 12.1 Å². The third-order valence-corrected chi connectivity index (χ3v) is 2.68. The van der Waals surface area contributed by atoms with Crippen molar-refractivity contribution in [2.75, 3.05) is 0 Å². The first-order chi connectivity index (χ1) is 10.5. The Morgan fingerprint density at radius 2 is 0.864 bits per heavy atom. The third kappa shape index (κ3) is 5.41. The van der Waals surface area contributed by atoms with E-state index in [1.165, 1.54) is 48.5 Å².